The van der Waals surface area contributed by atoms with Crippen LogP contribution in [0.2, 0.25) is 0 Å². The number of ether oxygens (including phenoxy) is 1. The van der Waals surface area contributed by atoms with E-state index in [1.807, 2.05) is 33.8 Å². The first-order valence-corrected chi connectivity index (χ1v) is 6.34. The lowest BCUT2D eigenvalue weighted by Gasteiger charge is -2.18. The first-order valence-electron chi connectivity index (χ1n) is 6.34. The minimum absolute atomic E-state index is 0.125. The lowest BCUT2D eigenvalue weighted by atomic mass is 10.1. The van der Waals surface area contributed by atoms with Crippen LogP contribution in [0.4, 0.5) is 5.69 Å². The number of hydrogen-bond acceptors (Lipinski definition) is 3. The van der Waals surface area contributed by atoms with Crippen LogP contribution >= 0.6 is 0 Å². The summed E-state index contributed by atoms with van der Waals surface area (Å²) in [5.74, 6) is 0.541. The van der Waals surface area contributed by atoms with Crippen LogP contribution in [-0.4, -0.2) is 18.1 Å². The van der Waals surface area contributed by atoms with E-state index in [2.05, 4.69) is 5.32 Å². The van der Waals surface area contributed by atoms with Crippen LogP contribution in [0.25, 0.3) is 6.08 Å². The number of carbonyl (C=O) groups is 1. The van der Waals surface area contributed by atoms with Crippen molar-refractivity contribution in [1.82, 2.24) is 5.32 Å². The van der Waals surface area contributed by atoms with Crippen molar-refractivity contribution < 1.29 is 9.53 Å². The van der Waals surface area contributed by atoms with Gasteiger partial charge >= 0.3 is 0 Å². The van der Waals surface area contributed by atoms with E-state index in [-0.39, 0.29) is 11.4 Å². The van der Waals surface area contributed by atoms with Crippen molar-refractivity contribution in [2.24, 2.45) is 0 Å². The average Bonchev–Trinajstić information content (AvgIpc) is 2.27. The third-order valence-corrected chi connectivity index (χ3v) is 2.26. The van der Waals surface area contributed by atoms with Gasteiger partial charge in [0.05, 0.1) is 12.3 Å². The van der Waals surface area contributed by atoms with Crippen molar-refractivity contribution in [2.75, 3.05) is 12.3 Å². The molecule has 0 unspecified atom stereocenters. The van der Waals surface area contributed by atoms with E-state index in [0.29, 0.717) is 18.0 Å². The zero-order valence-electron chi connectivity index (χ0n) is 12.0. The molecule has 0 bridgehead atoms. The minimum Gasteiger partial charge on any atom is -0.492 e. The molecule has 4 heteroatoms. The van der Waals surface area contributed by atoms with Crippen molar-refractivity contribution in [2.45, 2.75) is 33.2 Å². The van der Waals surface area contributed by atoms with E-state index < -0.39 is 0 Å². The van der Waals surface area contributed by atoms with Gasteiger partial charge in [-0.2, -0.15) is 0 Å². The number of amides is 1. The Balaban J connectivity index is 2.72. The molecular weight excluding hydrogens is 240 g/mol. The second-order valence-electron chi connectivity index (χ2n) is 5.30. The van der Waals surface area contributed by atoms with Crippen LogP contribution in [0.5, 0.6) is 5.75 Å². The normalized spacial score (nSPS) is 11.6. The number of anilines is 1. The van der Waals surface area contributed by atoms with E-state index in [1.54, 1.807) is 18.2 Å². The molecule has 0 radical (unpaired) electrons. The van der Waals surface area contributed by atoms with Gasteiger partial charge in [0.2, 0.25) is 5.91 Å². The van der Waals surface area contributed by atoms with Gasteiger partial charge in [-0.3, -0.25) is 4.79 Å². The number of benzene rings is 1. The van der Waals surface area contributed by atoms with Crippen molar-refractivity contribution >= 4 is 17.7 Å². The van der Waals surface area contributed by atoms with Crippen LogP contribution in [0.1, 0.15) is 33.3 Å². The molecular formula is C15H22N2O2. The third-order valence-electron chi connectivity index (χ3n) is 2.26. The number of carbonyl (C=O) groups excluding carboxylic acids is 1. The summed E-state index contributed by atoms with van der Waals surface area (Å²) >= 11 is 0. The summed E-state index contributed by atoms with van der Waals surface area (Å²) < 4.78 is 5.35. The highest BCUT2D eigenvalue weighted by atomic mass is 16.5. The van der Waals surface area contributed by atoms with Gasteiger partial charge in [-0.15, -0.1) is 0 Å². The number of hydrogen-bond donors (Lipinski definition) is 2. The van der Waals surface area contributed by atoms with E-state index in [4.69, 9.17) is 10.5 Å². The molecule has 1 aromatic rings. The van der Waals surface area contributed by atoms with Crippen molar-refractivity contribution in [3.05, 3.63) is 29.8 Å². The molecule has 0 fully saturated rings. The van der Waals surface area contributed by atoms with Crippen LogP contribution in [0, 0.1) is 0 Å². The first-order chi connectivity index (χ1) is 8.81. The van der Waals surface area contributed by atoms with Gasteiger partial charge < -0.3 is 15.8 Å². The molecule has 0 aliphatic carbocycles. The van der Waals surface area contributed by atoms with Gasteiger partial charge in [0, 0.05) is 11.6 Å². The van der Waals surface area contributed by atoms with Crippen LogP contribution in [0.15, 0.2) is 24.3 Å². The maximum Gasteiger partial charge on any atom is 0.244 e. The Morgan fingerprint density at radius 3 is 2.63 bits per heavy atom. The monoisotopic (exact) mass is 262 g/mol. The van der Waals surface area contributed by atoms with Gasteiger partial charge in [0.1, 0.15) is 5.75 Å². The highest BCUT2D eigenvalue weighted by molar-refractivity contribution is 5.92. The standard InChI is InChI=1S/C15H22N2O2/c1-5-19-13-8-6-11(10-12(13)16)7-9-14(18)17-15(2,3)4/h6-10H,5,16H2,1-4H3,(H,17,18)/b9-7-. The van der Waals surface area contributed by atoms with Crippen molar-refractivity contribution in [1.29, 1.82) is 0 Å². The van der Waals surface area contributed by atoms with Crippen molar-refractivity contribution in [3.63, 3.8) is 0 Å². The summed E-state index contributed by atoms with van der Waals surface area (Å²) in [7, 11) is 0. The Bertz CT molecular complexity index is 474. The molecule has 1 amide bonds. The predicted octanol–water partition coefficient (Wildman–Crippen LogP) is 2.60. The lowest BCUT2D eigenvalue weighted by molar-refractivity contribution is -0.117. The lowest BCUT2D eigenvalue weighted by Crippen LogP contribution is -2.39. The summed E-state index contributed by atoms with van der Waals surface area (Å²) in [6, 6.07) is 5.45. The summed E-state index contributed by atoms with van der Waals surface area (Å²) in [4.78, 5) is 11.6. The topological polar surface area (TPSA) is 64.3 Å². The minimum atomic E-state index is -0.237. The van der Waals surface area contributed by atoms with Gasteiger partial charge in [-0.25, -0.2) is 0 Å². The summed E-state index contributed by atoms with van der Waals surface area (Å²) in [6.07, 6.45) is 3.23. The molecule has 1 aromatic carbocycles. The number of nitrogens with two attached hydrogens (primary N) is 1. The van der Waals surface area contributed by atoms with Crippen molar-refractivity contribution in [3.8, 4) is 5.75 Å². The third kappa shape index (κ3) is 5.46. The summed E-state index contributed by atoms with van der Waals surface area (Å²) in [5.41, 5.74) is 7.05. The quantitative estimate of drug-likeness (QED) is 0.647. The van der Waals surface area contributed by atoms with E-state index in [9.17, 15) is 4.79 Å². The van der Waals surface area contributed by atoms with Crippen LogP contribution in [0.3, 0.4) is 0 Å². The largest absolute Gasteiger partial charge is 0.492 e. The summed E-state index contributed by atoms with van der Waals surface area (Å²) in [6.45, 7) is 8.30. The molecule has 1 rings (SSSR count). The van der Waals surface area contributed by atoms with Gasteiger partial charge in [-0.05, 0) is 51.5 Å². The number of rotatable bonds is 4. The Kier molecular flexibility index (Phi) is 4.98. The van der Waals surface area contributed by atoms with E-state index >= 15 is 0 Å². The maximum atomic E-state index is 11.6. The molecule has 0 heterocycles. The van der Waals surface area contributed by atoms with Crippen LogP contribution in [-0.2, 0) is 4.79 Å². The SMILES string of the molecule is CCOc1ccc(/C=C\C(=O)NC(C)(C)C)cc1N. The fraction of sp³-hybridized carbons (Fsp3) is 0.400. The summed E-state index contributed by atoms with van der Waals surface area (Å²) in [5, 5.41) is 2.85. The molecule has 0 atom stereocenters. The Hall–Kier alpha value is -1.97. The molecule has 19 heavy (non-hydrogen) atoms. The molecule has 0 aliphatic rings. The zero-order chi connectivity index (χ0) is 14.5. The number of nitrogens with one attached hydrogen (secondary N) is 1. The average molecular weight is 262 g/mol. The Labute approximate surface area is 114 Å². The molecule has 0 saturated heterocycles. The van der Waals surface area contributed by atoms with Gasteiger partial charge in [0.25, 0.3) is 0 Å². The number of nitrogen functional groups attached to an aromatic ring is 1. The fourth-order valence-electron chi connectivity index (χ4n) is 1.54. The Morgan fingerprint density at radius 1 is 1.42 bits per heavy atom. The molecule has 0 aliphatic heterocycles. The molecule has 104 valence electrons. The highest BCUT2D eigenvalue weighted by Crippen LogP contribution is 2.23. The Morgan fingerprint density at radius 2 is 2.11 bits per heavy atom. The van der Waals surface area contributed by atoms with Gasteiger partial charge in [-0.1, -0.05) is 6.07 Å². The first kappa shape index (κ1) is 15.1. The second kappa shape index (κ2) is 6.27. The zero-order valence-corrected chi connectivity index (χ0v) is 12.0. The van der Waals surface area contributed by atoms with Gasteiger partial charge in [0.15, 0.2) is 0 Å². The van der Waals surface area contributed by atoms with Crippen LogP contribution < -0.4 is 15.8 Å². The van der Waals surface area contributed by atoms with E-state index in [1.165, 1.54) is 6.08 Å². The smallest absolute Gasteiger partial charge is 0.244 e. The van der Waals surface area contributed by atoms with E-state index in [0.717, 1.165) is 5.56 Å². The molecule has 3 N–H and O–H groups in total. The molecule has 0 saturated carbocycles. The predicted molar refractivity (Wildman–Crippen MR) is 79.0 cm³/mol. The molecule has 4 nitrogen and oxygen atoms in total. The second-order valence-corrected chi connectivity index (χ2v) is 5.30. The maximum absolute atomic E-state index is 11.6. The molecule has 0 spiro atoms. The highest BCUT2D eigenvalue weighted by Gasteiger charge is 2.11. The molecule has 0 aromatic heterocycles. The fourth-order valence-corrected chi connectivity index (χ4v) is 1.54.